The van der Waals surface area contributed by atoms with Crippen LogP contribution >= 0.6 is 0 Å². The van der Waals surface area contributed by atoms with E-state index in [1.807, 2.05) is 18.2 Å². The van der Waals surface area contributed by atoms with Crippen molar-refractivity contribution in [3.05, 3.63) is 69.8 Å². The number of nitro groups is 1. The van der Waals surface area contributed by atoms with E-state index in [1.54, 1.807) is 6.07 Å². The summed E-state index contributed by atoms with van der Waals surface area (Å²) in [6.07, 6.45) is 0.929. The number of rotatable bonds is 7. The molecule has 142 valence electrons. The molecule has 0 spiro atoms. The van der Waals surface area contributed by atoms with Crippen LogP contribution in [-0.2, 0) is 4.79 Å². The molecule has 1 unspecified atom stereocenters. The van der Waals surface area contributed by atoms with Gasteiger partial charge in [-0.2, -0.15) is 0 Å². The topological polar surface area (TPSA) is 111 Å². The Morgan fingerprint density at radius 3 is 2.48 bits per heavy atom. The highest BCUT2D eigenvalue weighted by Gasteiger charge is 2.19. The highest BCUT2D eigenvalue weighted by atomic mass is 16.6. The Morgan fingerprint density at radius 2 is 1.78 bits per heavy atom. The lowest BCUT2D eigenvalue weighted by atomic mass is 9.98. The van der Waals surface area contributed by atoms with E-state index in [9.17, 15) is 19.7 Å². The molecule has 2 N–H and O–H groups in total. The van der Waals surface area contributed by atoms with Gasteiger partial charge in [0, 0.05) is 6.07 Å². The minimum atomic E-state index is -0.782. The summed E-state index contributed by atoms with van der Waals surface area (Å²) in [4.78, 5) is 34.3. The number of ether oxygens (including phenoxy) is 1. The van der Waals surface area contributed by atoms with Crippen LogP contribution in [0.25, 0.3) is 0 Å². The summed E-state index contributed by atoms with van der Waals surface area (Å²) < 4.78 is 5.55. The number of carbonyl (C=O) groups is 2. The first-order valence-electron chi connectivity index (χ1n) is 8.48. The quantitative estimate of drug-likeness (QED) is 0.574. The maximum atomic E-state index is 12.1. The fraction of sp³-hybridized carbons (Fsp3) is 0.263. The van der Waals surface area contributed by atoms with Crippen LogP contribution in [0.2, 0.25) is 0 Å². The van der Waals surface area contributed by atoms with Crippen LogP contribution in [-0.4, -0.2) is 23.3 Å². The molecule has 0 radical (unpaired) electrons. The van der Waals surface area contributed by atoms with Crippen molar-refractivity contribution in [3.63, 3.8) is 0 Å². The van der Waals surface area contributed by atoms with Gasteiger partial charge in [0.05, 0.1) is 4.92 Å². The minimum Gasteiger partial charge on any atom is -0.483 e. The lowest BCUT2D eigenvalue weighted by Crippen LogP contribution is -2.44. The zero-order chi connectivity index (χ0) is 19.8. The number of amides is 2. The first-order chi connectivity index (χ1) is 12.9. The van der Waals surface area contributed by atoms with Gasteiger partial charge in [-0.1, -0.05) is 44.2 Å². The molecule has 8 nitrogen and oxygen atoms in total. The van der Waals surface area contributed by atoms with Crippen molar-refractivity contribution in [3.8, 4) is 5.75 Å². The Morgan fingerprint density at radius 1 is 1.11 bits per heavy atom. The summed E-state index contributed by atoms with van der Waals surface area (Å²) in [5, 5.41) is 11.0. The van der Waals surface area contributed by atoms with E-state index in [-0.39, 0.29) is 23.8 Å². The Balaban J connectivity index is 1.93. The van der Waals surface area contributed by atoms with Crippen LogP contribution in [0.15, 0.2) is 48.5 Å². The summed E-state index contributed by atoms with van der Waals surface area (Å²) in [6, 6.07) is 12.9. The molecule has 0 saturated heterocycles. The molecular formula is C19H21N3O5. The molecule has 2 rings (SSSR count). The third kappa shape index (κ3) is 5.27. The average Bonchev–Trinajstić information content (AvgIpc) is 2.69. The van der Waals surface area contributed by atoms with Gasteiger partial charge in [0.25, 0.3) is 17.5 Å². The molecule has 0 aliphatic rings. The molecule has 0 saturated carbocycles. The molecular weight excluding hydrogens is 350 g/mol. The molecule has 0 aromatic heterocycles. The standard InChI is InChI=1S/C19H21N3O5/c1-3-13(2)14-8-5-7-11-17(14)27-12-18(23)20-21-19(24)15-9-4-6-10-16(15)22(25)26/h4-11,13H,3,12H2,1-2H3,(H,20,23)(H,21,24). The Labute approximate surface area is 156 Å². The fourth-order valence-electron chi connectivity index (χ4n) is 2.44. The number of hydrogen-bond donors (Lipinski definition) is 2. The van der Waals surface area contributed by atoms with Gasteiger partial charge in [0.2, 0.25) is 0 Å². The van der Waals surface area contributed by atoms with Crippen LogP contribution < -0.4 is 15.6 Å². The number of nitro benzene ring substituents is 1. The van der Waals surface area contributed by atoms with E-state index < -0.39 is 16.7 Å². The second-order valence-electron chi connectivity index (χ2n) is 5.91. The van der Waals surface area contributed by atoms with E-state index in [2.05, 4.69) is 24.7 Å². The van der Waals surface area contributed by atoms with E-state index >= 15 is 0 Å². The van der Waals surface area contributed by atoms with Crippen molar-refractivity contribution in [1.82, 2.24) is 10.9 Å². The maximum absolute atomic E-state index is 12.1. The minimum absolute atomic E-state index is 0.147. The molecule has 1 atom stereocenters. The molecule has 0 heterocycles. The SMILES string of the molecule is CCC(C)c1ccccc1OCC(=O)NNC(=O)c1ccccc1[N+](=O)[O-]. The number of nitrogens with zero attached hydrogens (tertiary/aromatic N) is 1. The second kappa shape index (κ2) is 9.33. The van der Waals surface area contributed by atoms with E-state index in [0.717, 1.165) is 12.0 Å². The number of benzene rings is 2. The summed E-state index contributed by atoms with van der Waals surface area (Å²) in [5.74, 6) is -0.480. The highest BCUT2D eigenvalue weighted by Crippen LogP contribution is 2.28. The third-order valence-corrected chi connectivity index (χ3v) is 4.08. The van der Waals surface area contributed by atoms with Crippen molar-refractivity contribution in [2.75, 3.05) is 6.61 Å². The number of hydrogen-bond acceptors (Lipinski definition) is 5. The van der Waals surface area contributed by atoms with Crippen LogP contribution in [0.3, 0.4) is 0 Å². The Kier molecular flexibility index (Phi) is 6.87. The molecule has 2 aromatic rings. The van der Waals surface area contributed by atoms with Gasteiger partial charge in [-0.25, -0.2) is 0 Å². The highest BCUT2D eigenvalue weighted by molar-refractivity contribution is 5.99. The molecule has 2 amide bonds. The predicted molar refractivity (Wildman–Crippen MR) is 99.3 cm³/mol. The normalized spacial score (nSPS) is 11.3. The monoisotopic (exact) mass is 371 g/mol. The zero-order valence-corrected chi connectivity index (χ0v) is 15.1. The smallest absolute Gasteiger partial charge is 0.282 e. The van der Waals surface area contributed by atoms with Gasteiger partial charge in [-0.3, -0.25) is 30.6 Å². The van der Waals surface area contributed by atoms with Gasteiger partial charge >= 0.3 is 0 Å². The van der Waals surface area contributed by atoms with Crippen LogP contribution in [0.1, 0.15) is 42.1 Å². The average molecular weight is 371 g/mol. The molecule has 0 aliphatic carbocycles. The fourth-order valence-corrected chi connectivity index (χ4v) is 2.44. The molecule has 2 aromatic carbocycles. The molecule has 0 bridgehead atoms. The van der Waals surface area contributed by atoms with Gasteiger partial charge in [0.1, 0.15) is 11.3 Å². The summed E-state index contributed by atoms with van der Waals surface area (Å²) >= 11 is 0. The van der Waals surface area contributed by atoms with Gasteiger partial charge in [-0.15, -0.1) is 0 Å². The lowest BCUT2D eigenvalue weighted by Gasteiger charge is -2.15. The van der Waals surface area contributed by atoms with Gasteiger partial charge in [-0.05, 0) is 30.0 Å². The Bertz CT molecular complexity index is 838. The largest absolute Gasteiger partial charge is 0.483 e. The van der Waals surface area contributed by atoms with Crippen LogP contribution in [0, 0.1) is 10.1 Å². The molecule has 0 fully saturated rings. The third-order valence-electron chi connectivity index (χ3n) is 4.08. The van der Waals surface area contributed by atoms with Crippen molar-refractivity contribution in [2.24, 2.45) is 0 Å². The number of hydrazine groups is 1. The van der Waals surface area contributed by atoms with Crippen LogP contribution in [0.4, 0.5) is 5.69 Å². The Hall–Kier alpha value is -3.42. The maximum Gasteiger partial charge on any atom is 0.282 e. The second-order valence-corrected chi connectivity index (χ2v) is 5.91. The summed E-state index contributed by atoms with van der Waals surface area (Å²) in [5.41, 5.74) is 4.85. The van der Waals surface area contributed by atoms with E-state index in [0.29, 0.717) is 5.75 Å². The zero-order valence-electron chi connectivity index (χ0n) is 15.1. The number of para-hydroxylation sites is 2. The number of carbonyl (C=O) groups excluding carboxylic acids is 2. The summed E-state index contributed by atoms with van der Waals surface area (Å²) in [6.45, 7) is 3.83. The number of nitrogens with one attached hydrogen (secondary N) is 2. The predicted octanol–water partition coefficient (Wildman–Crippen LogP) is 2.95. The lowest BCUT2D eigenvalue weighted by molar-refractivity contribution is -0.385. The van der Waals surface area contributed by atoms with Gasteiger partial charge < -0.3 is 4.74 Å². The van der Waals surface area contributed by atoms with Crippen molar-refractivity contribution >= 4 is 17.5 Å². The first-order valence-corrected chi connectivity index (χ1v) is 8.48. The first kappa shape index (κ1) is 19.9. The van der Waals surface area contributed by atoms with Gasteiger partial charge in [0.15, 0.2) is 6.61 Å². The summed E-state index contributed by atoms with van der Waals surface area (Å²) in [7, 11) is 0. The van der Waals surface area contributed by atoms with Crippen molar-refractivity contribution in [1.29, 1.82) is 0 Å². The van der Waals surface area contributed by atoms with Crippen molar-refractivity contribution in [2.45, 2.75) is 26.2 Å². The molecule has 27 heavy (non-hydrogen) atoms. The van der Waals surface area contributed by atoms with Crippen molar-refractivity contribution < 1.29 is 19.2 Å². The molecule has 0 aliphatic heterocycles. The van der Waals surface area contributed by atoms with Crippen LogP contribution in [0.5, 0.6) is 5.75 Å². The molecule has 8 heteroatoms. The van der Waals surface area contributed by atoms with E-state index in [1.165, 1.54) is 24.3 Å². The van der Waals surface area contributed by atoms with E-state index in [4.69, 9.17) is 4.74 Å².